The highest BCUT2D eigenvalue weighted by atomic mass is 15.1. The van der Waals surface area contributed by atoms with Crippen LogP contribution in [0.2, 0.25) is 0 Å². The second-order valence-corrected chi connectivity index (χ2v) is 5.28. The maximum Gasteiger partial charge on any atom is 0.0650 e. The van der Waals surface area contributed by atoms with Crippen molar-refractivity contribution in [1.82, 2.24) is 10.2 Å². The van der Waals surface area contributed by atoms with Crippen molar-refractivity contribution in [2.45, 2.75) is 20.4 Å². The highest BCUT2D eigenvalue weighted by molar-refractivity contribution is 5.64. The second kappa shape index (κ2) is 5.83. The number of hydrogen-bond donors (Lipinski definition) is 2. The van der Waals surface area contributed by atoms with Crippen molar-refractivity contribution in [2.75, 3.05) is 5.32 Å². The van der Waals surface area contributed by atoms with Crippen molar-refractivity contribution in [3.05, 3.63) is 71.4 Å². The molecule has 2 N–H and O–H groups in total. The van der Waals surface area contributed by atoms with E-state index in [-0.39, 0.29) is 0 Å². The van der Waals surface area contributed by atoms with Crippen LogP contribution in [0.5, 0.6) is 0 Å². The monoisotopic (exact) mass is 277 g/mol. The lowest BCUT2D eigenvalue weighted by molar-refractivity contribution is 1.09. The Balaban J connectivity index is 1.78. The average Bonchev–Trinajstić information content (AvgIpc) is 3.01. The Bertz CT molecular complexity index is 710. The van der Waals surface area contributed by atoms with Gasteiger partial charge in [-0.3, -0.25) is 5.10 Å². The van der Waals surface area contributed by atoms with Crippen molar-refractivity contribution in [1.29, 1.82) is 0 Å². The Morgan fingerprint density at radius 1 is 1.00 bits per heavy atom. The van der Waals surface area contributed by atoms with Gasteiger partial charge in [-0.05, 0) is 48.7 Å². The Morgan fingerprint density at radius 3 is 2.48 bits per heavy atom. The van der Waals surface area contributed by atoms with Crippen molar-refractivity contribution in [3.63, 3.8) is 0 Å². The fraction of sp³-hybridized carbons (Fsp3) is 0.167. The highest BCUT2D eigenvalue weighted by Crippen LogP contribution is 2.21. The van der Waals surface area contributed by atoms with E-state index in [0.717, 1.165) is 23.5 Å². The lowest BCUT2D eigenvalue weighted by Gasteiger charge is -2.12. The summed E-state index contributed by atoms with van der Waals surface area (Å²) in [5.74, 6) is 0. The number of aromatic nitrogens is 2. The molecule has 106 valence electrons. The lowest BCUT2D eigenvalue weighted by Crippen LogP contribution is -2.03. The average molecular weight is 277 g/mol. The summed E-state index contributed by atoms with van der Waals surface area (Å²) in [7, 11) is 0. The van der Waals surface area contributed by atoms with Gasteiger partial charge in [0, 0.05) is 24.0 Å². The smallest absolute Gasteiger partial charge is 0.0650 e. The number of aryl methyl sites for hydroxylation is 2. The molecule has 0 atom stereocenters. The van der Waals surface area contributed by atoms with Crippen LogP contribution in [0.1, 0.15) is 16.7 Å². The van der Waals surface area contributed by atoms with Gasteiger partial charge in [0.15, 0.2) is 0 Å². The Labute approximate surface area is 125 Å². The summed E-state index contributed by atoms with van der Waals surface area (Å²) in [6, 6.07) is 16.8. The molecule has 0 fully saturated rings. The molecule has 1 heterocycles. The first-order valence-electron chi connectivity index (χ1n) is 7.13. The van der Waals surface area contributed by atoms with Gasteiger partial charge in [-0.25, -0.2) is 0 Å². The largest absolute Gasteiger partial charge is 0.381 e. The minimum absolute atomic E-state index is 0.838. The molecule has 21 heavy (non-hydrogen) atoms. The maximum atomic E-state index is 4.00. The van der Waals surface area contributed by atoms with Gasteiger partial charge in [-0.15, -0.1) is 0 Å². The molecule has 0 saturated heterocycles. The molecule has 0 saturated carbocycles. The molecule has 3 aromatic rings. The summed E-state index contributed by atoms with van der Waals surface area (Å²) in [5.41, 5.74) is 7.30. The van der Waals surface area contributed by atoms with Gasteiger partial charge in [-0.2, -0.15) is 5.10 Å². The van der Waals surface area contributed by atoms with E-state index in [1.54, 1.807) is 6.20 Å². The number of aromatic amines is 1. The Hall–Kier alpha value is -2.55. The molecular formula is C18H19N3. The summed E-state index contributed by atoms with van der Waals surface area (Å²) in [5, 5.41) is 10.5. The van der Waals surface area contributed by atoms with Crippen LogP contribution >= 0.6 is 0 Å². The normalized spacial score (nSPS) is 10.6. The topological polar surface area (TPSA) is 40.7 Å². The van der Waals surface area contributed by atoms with Crippen molar-refractivity contribution >= 4 is 5.69 Å². The molecule has 3 heteroatoms. The zero-order valence-electron chi connectivity index (χ0n) is 12.4. The summed E-state index contributed by atoms with van der Waals surface area (Å²) in [4.78, 5) is 0. The number of anilines is 1. The van der Waals surface area contributed by atoms with E-state index >= 15 is 0 Å². The van der Waals surface area contributed by atoms with Gasteiger partial charge in [0.2, 0.25) is 0 Å². The van der Waals surface area contributed by atoms with Crippen molar-refractivity contribution < 1.29 is 0 Å². The van der Waals surface area contributed by atoms with Crippen LogP contribution in [-0.4, -0.2) is 10.2 Å². The summed E-state index contributed by atoms with van der Waals surface area (Å²) >= 11 is 0. The van der Waals surface area contributed by atoms with Gasteiger partial charge in [0.25, 0.3) is 0 Å². The fourth-order valence-electron chi connectivity index (χ4n) is 2.53. The maximum absolute atomic E-state index is 4.00. The number of nitrogens with one attached hydrogen (secondary N) is 2. The predicted octanol–water partition coefficient (Wildman–Crippen LogP) is 4.31. The molecule has 0 unspecified atom stereocenters. The lowest BCUT2D eigenvalue weighted by atomic mass is 10.0. The van der Waals surface area contributed by atoms with Crippen molar-refractivity contribution in [2.24, 2.45) is 0 Å². The second-order valence-electron chi connectivity index (χ2n) is 5.28. The number of benzene rings is 2. The third kappa shape index (κ3) is 2.97. The third-order valence-electron chi connectivity index (χ3n) is 3.79. The van der Waals surface area contributed by atoms with E-state index < -0.39 is 0 Å². The Morgan fingerprint density at radius 2 is 1.76 bits per heavy atom. The number of hydrogen-bond acceptors (Lipinski definition) is 2. The van der Waals surface area contributed by atoms with Crippen LogP contribution in [0.25, 0.3) is 11.3 Å². The van der Waals surface area contributed by atoms with Gasteiger partial charge in [-0.1, -0.05) is 30.3 Å². The van der Waals surface area contributed by atoms with E-state index in [0.29, 0.717) is 0 Å². The predicted molar refractivity (Wildman–Crippen MR) is 87.3 cm³/mol. The highest BCUT2D eigenvalue weighted by Gasteiger charge is 2.03. The summed E-state index contributed by atoms with van der Waals surface area (Å²) in [6.07, 6.45) is 1.77. The molecule has 0 bridgehead atoms. The van der Waals surface area contributed by atoms with Crippen molar-refractivity contribution in [3.8, 4) is 11.3 Å². The molecule has 0 spiro atoms. The molecule has 0 aliphatic heterocycles. The van der Waals surface area contributed by atoms with E-state index in [4.69, 9.17) is 0 Å². The van der Waals surface area contributed by atoms with Gasteiger partial charge in [0.1, 0.15) is 0 Å². The standard InChI is InChI=1S/C18H19N3/c1-13-5-3-6-14(2)17(13)12-19-16-8-4-7-15(11-16)18-9-10-20-21-18/h3-11,19H,12H2,1-2H3,(H,20,21). The van der Waals surface area contributed by atoms with Crippen LogP contribution in [0.15, 0.2) is 54.7 Å². The molecule has 3 nitrogen and oxygen atoms in total. The first-order chi connectivity index (χ1) is 10.2. The minimum atomic E-state index is 0.838. The van der Waals surface area contributed by atoms with Crippen LogP contribution in [0.3, 0.4) is 0 Å². The molecule has 1 aromatic heterocycles. The van der Waals surface area contributed by atoms with E-state index in [1.165, 1.54) is 16.7 Å². The van der Waals surface area contributed by atoms with E-state index in [2.05, 4.69) is 71.8 Å². The first-order valence-corrected chi connectivity index (χ1v) is 7.13. The SMILES string of the molecule is Cc1cccc(C)c1CNc1cccc(-c2ccn[nH]2)c1. The van der Waals surface area contributed by atoms with Gasteiger partial charge >= 0.3 is 0 Å². The molecule has 0 aliphatic carbocycles. The first kappa shape index (κ1) is 13.4. The van der Waals surface area contributed by atoms with Crippen LogP contribution in [-0.2, 0) is 6.54 Å². The van der Waals surface area contributed by atoms with E-state index in [9.17, 15) is 0 Å². The summed E-state index contributed by atoms with van der Waals surface area (Å²) in [6.45, 7) is 5.15. The van der Waals surface area contributed by atoms with Gasteiger partial charge in [0.05, 0.1) is 5.69 Å². The third-order valence-corrected chi connectivity index (χ3v) is 3.79. The zero-order chi connectivity index (χ0) is 14.7. The number of nitrogens with zero attached hydrogens (tertiary/aromatic N) is 1. The molecular weight excluding hydrogens is 258 g/mol. The van der Waals surface area contributed by atoms with Crippen LogP contribution in [0, 0.1) is 13.8 Å². The molecule has 3 rings (SSSR count). The number of H-pyrrole nitrogens is 1. The molecule has 0 radical (unpaired) electrons. The van der Waals surface area contributed by atoms with Crippen LogP contribution in [0.4, 0.5) is 5.69 Å². The summed E-state index contributed by atoms with van der Waals surface area (Å²) < 4.78 is 0. The molecule has 0 amide bonds. The zero-order valence-corrected chi connectivity index (χ0v) is 12.4. The van der Waals surface area contributed by atoms with Crippen LogP contribution < -0.4 is 5.32 Å². The van der Waals surface area contributed by atoms with E-state index in [1.807, 2.05) is 6.07 Å². The van der Waals surface area contributed by atoms with Gasteiger partial charge < -0.3 is 5.32 Å². The Kier molecular flexibility index (Phi) is 3.73. The molecule has 2 aromatic carbocycles. The molecule has 0 aliphatic rings. The number of rotatable bonds is 4. The fourth-order valence-corrected chi connectivity index (χ4v) is 2.53. The minimum Gasteiger partial charge on any atom is -0.381 e. The quantitative estimate of drug-likeness (QED) is 0.746.